The molecule has 0 spiro atoms. The van der Waals surface area contributed by atoms with Gasteiger partial charge in [0.1, 0.15) is 0 Å². The fraction of sp³-hybridized carbons (Fsp3) is 0.111. The Bertz CT molecular complexity index is 464. The van der Waals surface area contributed by atoms with Gasteiger partial charge >= 0.3 is 0 Å². The first-order valence-corrected chi connectivity index (χ1v) is 4.33. The van der Waals surface area contributed by atoms with Crippen molar-refractivity contribution in [3.8, 4) is 0 Å². The van der Waals surface area contributed by atoms with Crippen molar-refractivity contribution in [2.75, 3.05) is 5.32 Å². The lowest BCUT2D eigenvalue weighted by molar-refractivity contribution is 0.102. The zero-order chi connectivity index (χ0) is 10.7. The minimum Gasteiger partial charge on any atom is -0.304 e. The van der Waals surface area contributed by atoms with Gasteiger partial charge in [-0.1, -0.05) is 5.21 Å². The molecule has 2 aromatic heterocycles. The van der Waals surface area contributed by atoms with E-state index in [9.17, 15) is 4.79 Å². The van der Waals surface area contributed by atoms with Gasteiger partial charge in [0.2, 0.25) is 0 Å². The van der Waals surface area contributed by atoms with Crippen molar-refractivity contribution < 1.29 is 4.79 Å². The van der Waals surface area contributed by atoms with E-state index in [0.29, 0.717) is 11.4 Å². The average molecular weight is 203 g/mol. The number of nitrogens with one attached hydrogen (secondary N) is 1. The van der Waals surface area contributed by atoms with Crippen LogP contribution in [0.25, 0.3) is 0 Å². The number of hydrogen-bond donors (Lipinski definition) is 1. The standard InChI is InChI=1S/C9H9N5O/c1-14-6-8(12-13-14)11-9(15)7-3-2-4-10-5-7/h2-6H,1H3,(H,11,15). The van der Waals surface area contributed by atoms with E-state index < -0.39 is 0 Å². The van der Waals surface area contributed by atoms with Gasteiger partial charge in [0.25, 0.3) is 5.91 Å². The second kappa shape index (κ2) is 3.87. The van der Waals surface area contributed by atoms with Crippen LogP contribution in [0.4, 0.5) is 5.82 Å². The Hall–Kier alpha value is -2.24. The number of aryl methyl sites for hydroxylation is 1. The largest absolute Gasteiger partial charge is 0.304 e. The van der Waals surface area contributed by atoms with Crippen LogP contribution < -0.4 is 5.32 Å². The number of amides is 1. The summed E-state index contributed by atoms with van der Waals surface area (Å²) in [5.74, 6) is 0.176. The molecule has 0 aliphatic carbocycles. The topological polar surface area (TPSA) is 72.7 Å². The molecule has 0 saturated heterocycles. The third kappa shape index (κ3) is 2.16. The molecule has 1 amide bonds. The number of carbonyl (C=O) groups excluding carboxylic acids is 1. The summed E-state index contributed by atoms with van der Waals surface area (Å²) in [5.41, 5.74) is 0.489. The molecule has 2 rings (SSSR count). The summed E-state index contributed by atoms with van der Waals surface area (Å²) in [6.07, 6.45) is 4.72. The number of hydrogen-bond acceptors (Lipinski definition) is 4. The minimum atomic E-state index is -0.247. The normalized spacial score (nSPS) is 9.93. The molecule has 0 radical (unpaired) electrons. The molecule has 6 nitrogen and oxygen atoms in total. The average Bonchev–Trinajstić information content (AvgIpc) is 2.65. The highest BCUT2D eigenvalue weighted by molar-refractivity contribution is 6.03. The summed E-state index contributed by atoms with van der Waals surface area (Å²) >= 11 is 0. The molecule has 0 saturated carbocycles. The van der Waals surface area contributed by atoms with Gasteiger partial charge in [-0.15, -0.1) is 5.10 Å². The van der Waals surface area contributed by atoms with Crippen LogP contribution >= 0.6 is 0 Å². The zero-order valence-electron chi connectivity index (χ0n) is 8.08. The van der Waals surface area contributed by atoms with Crippen molar-refractivity contribution in [1.82, 2.24) is 20.0 Å². The van der Waals surface area contributed by atoms with E-state index in [1.54, 1.807) is 31.6 Å². The Morgan fingerprint density at radius 2 is 2.40 bits per heavy atom. The van der Waals surface area contributed by atoms with E-state index in [1.165, 1.54) is 10.9 Å². The van der Waals surface area contributed by atoms with Crippen LogP contribution in [0.3, 0.4) is 0 Å². The molecule has 0 bridgehead atoms. The van der Waals surface area contributed by atoms with Crippen molar-refractivity contribution in [3.05, 3.63) is 36.3 Å². The maximum atomic E-state index is 11.6. The molecule has 15 heavy (non-hydrogen) atoms. The van der Waals surface area contributed by atoms with Gasteiger partial charge in [-0.05, 0) is 12.1 Å². The number of rotatable bonds is 2. The Balaban J connectivity index is 2.11. The van der Waals surface area contributed by atoms with Crippen LogP contribution in [0.5, 0.6) is 0 Å². The molecule has 0 aromatic carbocycles. The molecule has 76 valence electrons. The summed E-state index contributed by atoms with van der Waals surface area (Å²) in [7, 11) is 1.73. The van der Waals surface area contributed by atoms with Crippen molar-refractivity contribution in [2.45, 2.75) is 0 Å². The number of carbonyl (C=O) groups is 1. The smallest absolute Gasteiger partial charge is 0.258 e. The van der Waals surface area contributed by atoms with Crippen molar-refractivity contribution in [1.29, 1.82) is 0 Å². The van der Waals surface area contributed by atoms with Gasteiger partial charge in [0.05, 0.1) is 11.8 Å². The number of aromatic nitrogens is 4. The predicted octanol–water partition coefficient (Wildman–Crippen LogP) is 0.462. The summed E-state index contributed by atoms with van der Waals surface area (Å²) < 4.78 is 1.51. The molecule has 0 aliphatic heterocycles. The molecule has 0 fully saturated rings. The highest BCUT2D eigenvalue weighted by Crippen LogP contribution is 2.03. The molecule has 0 atom stereocenters. The van der Waals surface area contributed by atoms with Gasteiger partial charge < -0.3 is 5.32 Å². The van der Waals surface area contributed by atoms with Crippen LogP contribution in [0.1, 0.15) is 10.4 Å². The SMILES string of the molecule is Cn1cc(NC(=O)c2cccnc2)nn1. The van der Waals surface area contributed by atoms with Crippen molar-refractivity contribution in [2.24, 2.45) is 7.05 Å². The van der Waals surface area contributed by atoms with Crippen LogP contribution in [0.2, 0.25) is 0 Å². The highest BCUT2D eigenvalue weighted by atomic mass is 16.1. The molecule has 6 heteroatoms. The first-order chi connectivity index (χ1) is 7.25. The summed E-state index contributed by atoms with van der Waals surface area (Å²) in [6.45, 7) is 0. The zero-order valence-corrected chi connectivity index (χ0v) is 8.08. The summed E-state index contributed by atoms with van der Waals surface area (Å²) in [6, 6.07) is 3.38. The number of pyridine rings is 1. The third-order valence-electron chi connectivity index (χ3n) is 1.77. The molecule has 0 unspecified atom stereocenters. The fourth-order valence-corrected chi connectivity index (χ4v) is 1.09. The molecule has 1 N–H and O–H groups in total. The lowest BCUT2D eigenvalue weighted by Crippen LogP contribution is -2.12. The van der Waals surface area contributed by atoms with Crippen LogP contribution in [0.15, 0.2) is 30.7 Å². The van der Waals surface area contributed by atoms with Crippen LogP contribution in [-0.2, 0) is 7.05 Å². The first kappa shape index (κ1) is 9.32. The van der Waals surface area contributed by atoms with E-state index >= 15 is 0 Å². The lowest BCUT2D eigenvalue weighted by Gasteiger charge is -1.99. The lowest BCUT2D eigenvalue weighted by atomic mass is 10.3. The quantitative estimate of drug-likeness (QED) is 0.769. The Morgan fingerprint density at radius 3 is 3.00 bits per heavy atom. The number of anilines is 1. The predicted molar refractivity (Wildman–Crippen MR) is 53.2 cm³/mol. The van der Waals surface area contributed by atoms with E-state index in [0.717, 1.165) is 0 Å². The van der Waals surface area contributed by atoms with Crippen molar-refractivity contribution >= 4 is 11.7 Å². The Morgan fingerprint density at radius 1 is 1.53 bits per heavy atom. The molecular weight excluding hydrogens is 194 g/mol. The second-order valence-electron chi connectivity index (χ2n) is 2.97. The monoisotopic (exact) mass is 203 g/mol. The highest BCUT2D eigenvalue weighted by Gasteiger charge is 2.07. The Labute approximate surface area is 85.9 Å². The molecule has 2 aromatic rings. The van der Waals surface area contributed by atoms with E-state index in [-0.39, 0.29) is 5.91 Å². The Kier molecular flexibility index (Phi) is 2.40. The van der Waals surface area contributed by atoms with Gasteiger partial charge in [-0.2, -0.15) is 0 Å². The molecule has 2 heterocycles. The summed E-state index contributed by atoms with van der Waals surface area (Å²) in [4.78, 5) is 15.4. The summed E-state index contributed by atoms with van der Waals surface area (Å²) in [5, 5.41) is 10.0. The van der Waals surface area contributed by atoms with Gasteiger partial charge in [-0.25, -0.2) is 0 Å². The van der Waals surface area contributed by atoms with E-state index in [1.807, 2.05) is 0 Å². The van der Waals surface area contributed by atoms with Gasteiger partial charge in [0, 0.05) is 19.4 Å². The third-order valence-corrected chi connectivity index (χ3v) is 1.77. The first-order valence-electron chi connectivity index (χ1n) is 4.33. The van der Waals surface area contributed by atoms with Gasteiger partial charge in [0.15, 0.2) is 5.82 Å². The second-order valence-corrected chi connectivity index (χ2v) is 2.97. The van der Waals surface area contributed by atoms with Gasteiger partial charge in [-0.3, -0.25) is 14.5 Å². The van der Waals surface area contributed by atoms with Crippen molar-refractivity contribution in [3.63, 3.8) is 0 Å². The van der Waals surface area contributed by atoms with E-state index in [4.69, 9.17) is 0 Å². The fourth-order valence-electron chi connectivity index (χ4n) is 1.09. The van der Waals surface area contributed by atoms with Crippen LogP contribution in [-0.4, -0.2) is 25.9 Å². The molecular formula is C9H9N5O. The minimum absolute atomic E-state index is 0.247. The van der Waals surface area contributed by atoms with Crippen LogP contribution in [0, 0.1) is 0 Å². The maximum Gasteiger partial charge on any atom is 0.258 e. The molecule has 0 aliphatic rings. The van der Waals surface area contributed by atoms with E-state index in [2.05, 4.69) is 20.6 Å². The number of nitrogens with zero attached hydrogens (tertiary/aromatic N) is 4. The maximum absolute atomic E-state index is 11.6.